The maximum absolute atomic E-state index is 12.7. The molecule has 0 radical (unpaired) electrons. The average molecular weight is 373 g/mol. The van der Waals surface area contributed by atoms with Gasteiger partial charge in [-0.3, -0.25) is 19.0 Å². The fraction of sp³-hybridized carbons (Fsp3) is 0.136. The fourth-order valence-electron chi connectivity index (χ4n) is 3.75. The largest absolute Gasteiger partial charge is 0.369 e. The van der Waals surface area contributed by atoms with Gasteiger partial charge in [-0.2, -0.15) is 0 Å². The van der Waals surface area contributed by atoms with Gasteiger partial charge in [0, 0.05) is 29.6 Å². The Morgan fingerprint density at radius 2 is 1.68 bits per heavy atom. The van der Waals surface area contributed by atoms with E-state index < -0.39 is 11.8 Å². The van der Waals surface area contributed by atoms with Crippen LogP contribution in [0, 0.1) is 0 Å². The number of pyridine rings is 1. The van der Waals surface area contributed by atoms with Crippen LogP contribution in [0.1, 0.15) is 27.4 Å². The Bertz CT molecular complexity index is 1100. The van der Waals surface area contributed by atoms with Crippen molar-refractivity contribution in [2.45, 2.75) is 18.4 Å². The standard InChI is InChI=1S/C22H19N3O3/c23-21(27)20-17-6-2-1-5-15(17)13-18(20)24-22(28)14-8-10-16(11-9-14)25-12-4-3-7-19(25)26/h1-12,18,20H,13H2,(H2,23,27)(H,24,28). The summed E-state index contributed by atoms with van der Waals surface area (Å²) in [4.78, 5) is 36.6. The van der Waals surface area contributed by atoms with Crippen LogP contribution in [-0.4, -0.2) is 22.4 Å². The molecule has 0 fully saturated rings. The number of nitrogens with two attached hydrogens (primary N) is 1. The number of hydrogen-bond donors (Lipinski definition) is 2. The number of carbonyl (C=O) groups excluding carboxylic acids is 2. The average Bonchev–Trinajstić information content (AvgIpc) is 3.06. The molecule has 4 rings (SSSR count). The minimum Gasteiger partial charge on any atom is -0.369 e. The van der Waals surface area contributed by atoms with E-state index in [1.54, 1.807) is 42.6 Å². The molecule has 0 spiro atoms. The van der Waals surface area contributed by atoms with Crippen LogP contribution in [0.4, 0.5) is 0 Å². The summed E-state index contributed by atoms with van der Waals surface area (Å²) in [5.41, 5.74) is 8.47. The van der Waals surface area contributed by atoms with Gasteiger partial charge in [0.2, 0.25) is 5.91 Å². The smallest absolute Gasteiger partial charge is 0.255 e. The van der Waals surface area contributed by atoms with Crippen molar-refractivity contribution in [1.29, 1.82) is 0 Å². The summed E-state index contributed by atoms with van der Waals surface area (Å²) in [5, 5.41) is 2.94. The predicted octanol–water partition coefficient (Wildman–Crippen LogP) is 1.76. The Balaban J connectivity index is 1.54. The van der Waals surface area contributed by atoms with E-state index in [1.807, 2.05) is 24.3 Å². The molecule has 2 atom stereocenters. The topological polar surface area (TPSA) is 94.2 Å². The van der Waals surface area contributed by atoms with Crippen LogP contribution in [0.2, 0.25) is 0 Å². The van der Waals surface area contributed by atoms with Gasteiger partial charge in [0.1, 0.15) is 0 Å². The van der Waals surface area contributed by atoms with Crippen molar-refractivity contribution in [3.8, 4) is 5.69 Å². The summed E-state index contributed by atoms with van der Waals surface area (Å²) in [5.74, 6) is -1.27. The lowest BCUT2D eigenvalue weighted by Gasteiger charge is -2.19. The lowest BCUT2D eigenvalue weighted by Crippen LogP contribution is -2.42. The second-order valence-corrected chi connectivity index (χ2v) is 6.82. The summed E-state index contributed by atoms with van der Waals surface area (Å²) in [6.45, 7) is 0. The molecule has 0 saturated heterocycles. The number of nitrogens with one attached hydrogen (secondary N) is 1. The first kappa shape index (κ1) is 17.7. The molecule has 1 aliphatic rings. The van der Waals surface area contributed by atoms with Gasteiger partial charge >= 0.3 is 0 Å². The van der Waals surface area contributed by atoms with Crippen molar-refractivity contribution in [2.75, 3.05) is 0 Å². The molecule has 140 valence electrons. The van der Waals surface area contributed by atoms with E-state index in [0.717, 1.165) is 11.1 Å². The summed E-state index contributed by atoms with van der Waals surface area (Å²) in [6, 6.07) is 18.9. The SMILES string of the molecule is NC(=O)C1c2ccccc2CC1NC(=O)c1ccc(-n2ccccc2=O)cc1. The monoisotopic (exact) mass is 373 g/mol. The third kappa shape index (κ3) is 3.20. The number of primary amides is 1. The molecule has 1 aromatic heterocycles. The molecule has 2 aromatic carbocycles. The second-order valence-electron chi connectivity index (χ2n) is 6.82. The van der Waals surface area contributed by atoms with Gasteiger partial charge in [-0.05, 0) is 47.9 Å². The Kier molecular flexibility index (Phi) is 4.53. The Morgan fingerprint density at radius 1 is 0.964 bits per heavy atom. The molecule has 3 aromatic rings. The predicted molar refractivity (Wildman–Crippen MR) is 105 cm³/mol. The van der Waals surface area contributed by atoms with E-state index in [4.69, 9.17) is 5.73 Å². The highest BCUT2D eigenvalue weighted by molar-refractivity contribution is 5.95. The van der Waals surface area contributed by atoms with Crippen LogP contribution in [-0.2, 0) is 11.2 Å². The quantitative estimate of drug-likeness (QED) is 0.730. The molecule has 0 aliphatic heterocycles. The van der Waals surface area contributed by atoms with Gasteiger partial charge < -0.3 is 11.1 Å². The second kappa shape index (κ2) is 7.15. The van der Waals surface area contributed by atoms with E-state index >= 15 is 0 Å². The van der Waals surface area contributed by atoms with Crippen LogP contribution in [0.3, 0.4) is 0 Å². The Morgan fingerprint density at radius 3 is 2.39 bits per heavy atom. The van der Waals surface area contributed by atoms with Crippen molar-refractivity contribution in [2.24, 2.45) is 5.73 Å². The van der Waals surface area contributed by atoms with Gasteiger partial charge in [0.05, 0.1) is 5.92 Å². The molecule has 3 N–H and O–H groups in total. The minimum atomic E-state index is -0.540. The number of aromatic nitrogens is 1. The molecular formula is C22H19N3O3. The number of nitrogens with zero attached hydrogens (tertiary/aromatic N) is 1. The van der Waals surface area contributed by atoms with Crippen molar-refractivity contribution < 1.29 is 9.59 Å². The third-order valence-electron chi connectivity index (χ3n) is 5.09. The van der Waals surface area contributed by atoms with Crippen LogP contribution in [0.15, 0.2) is 77.7 Å². The van der Waals surface area contributed by atoms with E-state index in [2.05, 4.69) is 5.32 Å². The van der Waals surface area contributed by atoms with Gasteiger partial charge in [-0.1, -0.05) is 30.3 Å². The Hall–Kier alpha value is -3.67. The first-order chi connectivity index (χ1) is 13.5. The molecular weight excluding hydrogens is 354 g/mol. The molecule has 1 heterocycles. The fourth-order valence-corrected chi connectivity index (χ4v) is 3.75. The molecule has 6 heteroatoms. The number of carbonyl (C=O) groups is 2. The van der Waals surface area contributed by atoms with E-state index in [-0.39, 0.29) is 17.5 Å². The highest BCUT2D eigenvalue weighted by Gasteiger charge is 2.37. The van der Waals surface area contributed by atoms with E-state index in [9.17, 15) is 14.4 Å². The van der Waals surface area contributed by atoms with Crippen LogP contribution < -0.4 is 16.6 Å². The summed E-state index contributed by atoms with van der Waals surface area (Å²) in [7, 11) is 0. The first-order valence-electron chi connectivity index (χ1n) is 9.01. The summed E-state index contributed by atoms with van der Waals surface area (Å²) < 4.78 is 1.50. The summed E-state index contributed by atoms with van der Waals surface area (Å²) in [6.07, 6.45) is 2.23. The molecule has 28 heavy (non-hydrogen) atoms. The van der Waals surface area contributed by atoms with Gasteiger partial charge in [0.25, 0.3) is 11.5 Å². The third-order valence-corrected chi connectivity index (χ3v) is 5.09. The zero-order chi connectivity index (χ0) is 19.7. The van der Waals surface area contributed by atoms with Gasteiger partial charge in [0.15, 0.2) is 0 Å². The lowest BCUT2D eigenvalue weighted by molar-refractivity contribution is -0.119. The molecule has 0 bridgehead atoms. The number of fused-ring (bicyclic) bond motifs is 1. The molecule has 2 amide bonds. The molecule has 6 nitrogen and oxygen atoms in total. The maximum Gasteiger partial charge on any atom is 0.255 e. The summed E-state index contributed by atoms with van der Waals surface area (Å²) >= 11 is 0. The number of amides is 2. The molecule has 2 unspecified atom stereocenters. The zero-order valence-corrected chi connectivity index (χ0v) is 15.0. The first-order valence-corrected chi connectivity index (χ1v) is 9.01. The lowest BCUT2D eigenvalue weighted by atomic mass is 9.97. The molecule has 1 aliphatic carbocycles. The number of hydrogen-bond acceptors (Lipinski definition) is 3. The Labute approximate surface area is 161 Å². The van der Waals surface area contributed by atoms with Crippen LogP contribution in [0.25, 0.3) is 5.69 Å². The van der Waals surface area contributed by atoms with Crippen molar-refractivity contribution >= 4 is 11.8 Å². The molecule has 0 saturated carbocycles. The zero-order valence-electron chi connectivity index (χ0n) is 15.0. The van der Waals surface area contributed by atoms with Crippen LogP contribution in [0.5, 0.6) is 0 Å². The van der Waals surface area contributed by atoms with Crippen LogP contribution >= 0.6 is 0 Å². The maximum atomic E-state index is 12.7. The normalized spacial score (nSPS) is 17.7. The highest BCUT2D eigenvalue weighted by Crippen LogP contribution is 2.33. The van der Waals surface area contributed by atoms with Crippen molar-refractivity contribution in [1.82, 2.24) is 9.88 Å². The van der Waals surface area contributed by atoms with Gasteiger partial charge in [-0.25, -0.2) is 0 Å². The van der Waals surface area contributed by atoms with Crippen molar-refractivity contribution in [3.63, 3.8) is 0 Å². The number of rotatable bonds is 4. The number of benzene rings is 2. The minimum absolute atomic E-state index is 0.146. The van der Waals surface area contributed by atoms with Crippen molar-refractivity contribution in [3.05, 3.63) is 100.0 Å². The van der Waals surface area contributed by atoms with Gasteiger partial charge in [-0.15, -0.1) is 0 Å². The highest BCUT2D eigenvalue weighted by atomic mass is 16.2. The van der Waals surface area contributed by atoms with E-state index in [0.29, 0.717) is 17.7 Å². The van der Waals surface area contributed by atoms with E-state index in [1.165, 1.54) is 10.6 Å².